The summed E-state index contributed by atoms with van der Waals surface area (Å²) in [7, 11) is 4.44. The van der Waals surface area contributed by atoms with Crippen LogP contribution >= 0.6 is 0 Å². The molecule has 1 unspecified atom stereocenters. The highest BCUT2D eigenvalue weighted by molar-refractivity contribution is 5.70. The quantitative estimate of drug-likeness (QED) is 0.741. The van der Waals surface area contributed by atoms with Gasteiger partial charge in [-0.25, -0.2) is 4.79 Å². The zero-order valence-corrected chi connectivity index (χ0v) is 11.3. The highest BCUT2D eigenvalue weighted by Crippen LogP contribution is 2.28. The monoisotopic (exact) mass is 269 g/mol. The average molecular weight is 269 g/mol. The fraction of sp³-hybridized carbons (Fsp3) is 0.462. The number of hydrogen-bond acceptors (Lipinski definition) is 6. The Morgan fingerprint density at radius 1 is 1.26 bits per heavy atom. The summed E-state index contributed by atoms with van der Waals surface area (Å²) >= 11 is 0. The Bertz CT molecular complexity index is 421. The van der Waals surface area contributed by atoms with E-state index in [1.54, 1.807) is 32.4 Å². The van der Waals surface area contributed by atoms with Gasteiger partial charge in [0, 0.05) is 5.56 Å². The van der Waals surface area contributed by atoms with Crippen LogP contribution in [0.25, 0.3) is 0 Å². The molecule has 19 heavy (non-hydrogen) atoms. The highest BCUT2D eigenvalue weighted by Gasteiger charge is 2.14. The second kappa shape index (κ2) is 7.60. The second-order valence-electron chi connectivity index (χ2n) is 3.81. The van der Waals surface area contributed by atoms with Crippen molar-refractivity contribution in [1.82, 2.24) is 0 Å². The van der Waals surface area contributed by atoms with E-state index in [4.69, 9.17) is 19.9 Å². The molecule has 0 bridgehead atoms. The maximum atomic E-state index is 10.9. The van der Waals surface area contributed by atoms with Crippen molar-refractivity contribution in [2.45, 2.75) is 6.04 Å². The normalized spacial score (nSPS) is 11.8. The van der Waals surface area contributed by atoms with E-state index in [-0.39, 0.29) is 13.2 Å². The first kappa shape index (κ1) is 15.3. The van der Waals surface area contributed by atoms with E-state index in [1.807, 2.05) is 0 Å². The number of carbonyl (C=O) groups is 1. The van der Waals surface area contributed by atoms with Crippen LogP contribution in [-0.4, -0.2) is 40.5 Å². The van der Waals surface area contributed by atoms with Crippen molar-refractivity contribution in [2.75, 3.05) is 34.5 Å². The smallest absolute Gasteiger partial charge is 0.331 e. The van der Waals surface area contributed by atoms with E-state index in [9.17, 15) is 4.79 Å². The van der Waals surface area contributed by atoms with E-state index < -0.39 is 12.0 Å². The molecule has 0 aliphatic carbocycles. The lowest BCUT2D eigenvalue weighted by molar-refractivity contribution is -0.146. The molecular formula is C13H19NO5. The van der Waals surface area contributed by atoms with Gasteiger partial charge < -0.3 is 24.7 Å². The molecule has 1 rings (SSSR count). The molecule has 0 radical (unpaired) electrons. The van der Waals surface area contributed by atoms with Gasteiger partial charge in [-0.2, -0.15) is 0 Å². The largest absolute Gasteiger partial charge is 0.497 e. The van der Waals surface area contributed by atoms with Crippen LogP contribution < -0.4 is 15.2 Å². The van der Waals surface area contributed by atoms with Gasteiger partial charge in [0.25, 0.3) is 0 Å². The van der Waals surface area contributed by atoms with Gasteiger partial charge in [-0.3, -0.25) is 0 Å². The molecule has 2 N–H and O–H groups in total. The second-order valence-corrected chi connectivity index (χ2v) is 3.81. The first-order chi connectivity index (χ1) is 9.12. The highest BCUT2D eigenvalue weighted by atomic mass is 16.6. The minimum atomic E-state index is -0.440. The predicted molar refractivity (Wildman–Crippen MR) is 69.3 cm³/mol. The number of carbonyl (C=O) groups excluding carboxylic acids is 1. The number of hydrogen-bond donors (Lipinski definition) is 1. The van der Waals surface area contributed by atoms with Crippen molar-refractivity contribution >= 4 is 5.97 Å². The fourth-order valence-corrected chi connectivity index (χ4v) is 1.55. The van der Waals surface area contributed by atoms with Crippen molar-refractivity contribution < 1.29 is 23.7 Å². The number of nitrogens with two attached hydrogens (primary N) is 1. The Labute approximate surface area is 112 Å². The summed E-state index contributed by atoms with van der Waals surface area (Å²) < 4.78 is 20.0. The van der Waals surface area contributed by atoms with Crippen LogP contribution in [0.2, 0.25) is 0 Å². The molecule has 0 saturated carbocycles. The summed E-state index contributed by atoms with van der Waals surface area (Å²) in [5, 5.41) is 0. The molecule has 0 fully saturated rings. The van der Waals surface area contributed by atoms with Gasteiger partial charge in [0.1, 0.15) is 18.1 Å². The zero-order valence-electron chi connectivity index (χ0n) is 11.3. The molecule has 6 nitrogen and oxygen atoms in total. The van der Waals surface area contributed by atoms with Gasteiger partial charge in [0.05, 0.1) is 34.0 Å². The third kappa shape index (κ3) is 4.42. The molecule has 1 atom stereocenters. The van der Waals surface area contributed by atoms with E-state index in [2.05, 4.69) is 4.74 Å². The summed E-state index contributed by atoms with van der Waals surface area (Å²) in [6.45, 7) is 0.0507. The lowest BCUT2D eigenvalue weighted by atomic mass is 10.1. The number of esters is 1. The molecule has 1 aromatic carbocycles. The zero-order chi connectivity index (χ0) is 14.3. The van der Waals surface area contributed by atoms with Crippen LogP contribution in [0.5, 0.6) is 11.5 Å². The summed E-state index contributed by atoms with van der Waals surface area (Å²) in [6, 6.07) is 4.92. The van der Waals surface area contributed by atoms with Crippen molar-refractivity contribution in [3.63, 3.8) is 0 Å². The van der Waals surface area contributed by atoms with Crippen LogP contribution in [0.1, 0.15) is 11.6 Å². The van der Waals surface area contributed by atoms with Gasteiger partial charge in [-0.1, -0.05) is 0 Å². The van der Waals surface area contributed by atoms with E-state index in [0.29, 0.717) is 11.5 Å². The van der Waals surface area contributed by atoms with Crippen molar-refractivity contribution in [2.24, 2.45) is 5.73 Å². The maximum Gasteiger partial charge on any atom is 0.331 e. The van der Waals surface area contributed by atoms with Gasteiger partial charge in [0.2, 0.25) is 0 Å². The number of benzene rings is 1. The molecule has 0 amide bonds. The molecular weight excluding hydrogens is 250 g/mol. The third-order valence-corrected chi connectivity index (χ3v) is 2.58. The summed E-state index contributed by atoms with van der Waals surface area (Å²) in [5.41, 5.74) is 6.77. The molecule has 0 saturated heterocycles. The average Bonchev–Trinajstić information content (AvgIpc) is 2.45. The lowest BCUT2D eigenvalue weighted by Crippen LogP contribution is -2.21. The lowest BCUT2D eigenvalue weighted by Gasteiger charge is -2.16. The van der Waals surface area contributed by atoms with Gasteiger partial charge >= 0.3 is 5.97 Å². The first-order valence-electron chi connectivity index (χ1n) is 5.74. The SMILES string of the molecule is COC(=O)COCC(N)c1cc(OC)ccc1OC. The van der Waals surface area contributed by atoms with Crippen molar-refractivity contribution in [3.05, 3.63) is 23.8 Å². The van der Waals surface area contributed by atoms with E-state index in [0.717, 1.165) is 5.56 Å². The Morgan fingerprint density at radius 2 is 2.00 bits per heavy atom. The third-order valence-electron chi connectivity index (χ3n) is 2.58. The van der Waals surface area contributed by atoms with E-state index in [1.165, 1.54) is 7.11 Å². The number of methoxy groups -OCH3 is 3. The molecule has 0 aliphatic rings. The van der Waals surface area contributed by atoms with E-state index >= 15 is 0 Å². The predicted octanol–water partition coefficient (Wildman–Crippen LogP) is 0.893. The van der Waals surface area contributed by atoms with Crippen molar-refractivity contribution in [3.8, 4) is 11.5 Å². The molecule has 0 spiro atoms. The fourth-order valence-electron chi connectivity index (χ4n) is 1.55. The Balaban J connectivity index is 2.69. The molecule has 106 valence electrons. The Morgan fingerprint density at radius 3 is 2.58 bits per heavy atom. The molecule has 0 aromatic heterocycles. The number of rotatable bonds is 7. The van der Waals surface area contributed by atoms with Crippen LogP contribution in [0.15, 0.2) is 18.2 Å². The van der Waals surface area contributed by atoms with Crippen LogP contribution in [0.3, 0.4) is 0 Å². The van der Waals surface area contributed by atoms with Gasteiger partial charge in [0.15, 0.2) is 0 Å². The van der Waals surface area contributed by atoms with Crippen LogP contribution in [0, 0.1) is 0 Å². The Kier molecular flexibility index (Phi) is 6.11. The van der Waals surface area contributed by atoms with Crippen LogP contribution in [-0.2, 0) is 14.3 Å². The van der Waals surface area contributed by atoms with Crippen molar-refractivity contribution in [1.29, 1.82) is 0 Å². The van der Waals surface area contributed by atoms with Crippen LogP contribution in [0.4, 0.5) is 0 Å². The Hall–Kier alpha value is -1.79. The molecule has 1 aromatic rings. The summed E-state index contributed by atoms with van der Waals surface area (Å²) in [6.07, 6.45) is 0. The summed E-state index contributed by atoms with van der Waals surface area (Å²) in [5.74, 6) is 0.888. The minimum absolute atomic E-state index is 0.128. The molecule has 0 heterocycles. The van der Waals surface area contributed by atoms with Gasteiger partial charge in [-0.05, 0) is 18.2 Å². The van der Waals surface area contributed by atoms with Gasteiger partial charge in [-0.15, -0.1) is 0 Å². The maximum absolute atomic E-state index is 10.9. The standard InChI is InChI=1S/C13H19NO5/c1-16-9-4-5-12(17-2)10(6-9)11(14)7-19-8-13(15)18-3/h4-6,11H,7-8,14H2,1-3H3. The molecule has 0 aliphatic heterocycles. The minimum Gasteiger partial charge on any atom is -0.497 e. The molecule has 6 heteroatoms. The first-order valence-corrected chi connectivity index (χ1v) is 5.74. The summed E-state index contributed by atoms with van der Waals surface area (Å²) in [4.78, 5) is 10.9. The topological polar surface area (TPSA) is 80.0 Å². The number of ether oxygens (including phenoxy) is 4.